The lowest BCUT2D eigenvalue weighted by Gasteiger charge is -2.11. The van der Waals surface area contributed by atoms with E-state index in [1.807, 2.05) is 12.1 Å². The van der Waals surface area contributed by atoms with Crippen LogP contribution in [0.5, 0.6) is 0 Å². The van der Waals surface area contributed by atoms with Gasteiger partial charge in [0.15, 0.2) is 0 Å². The Hall–Kier alpha value is -1.51. The summed E-state index contributed by atoms with van der Waals surface area (Å²) in [6.45, 7) is 2.73. The van der Waals surface area contributed by atoms with Gasteiger partial charge in [-0.25, -0.2) is 0 Å². The van der Waals surface area contributed by atoms with E-state index in [0.29, 0.717) is 13.0 Å². The van der Waals surface area contributed by atoms with E-state index in [9.17, 15) is 4.79 Å². The Morgan fingerprint density at radius 3 is 2.73 bits per heavy atom. The Kier molecular flexibility index (Phi) is 4.16. The largest absolute Gasteiger partial charge is 0.385 e. The zero-order valence-electron chi connectivity index (χ0n) is 9.58. The van der Waals surface area contributed by atoms with Crippen LogP contribution in [0.25, 0.3) is 0 Å². The SMILES string of the molecule is Cc1cccc(NCCC(=O)N(C)C)c1. The summed E-state index contributed by atoms with van der Waals surface area (Å²) in [5.41, 5.74) is 2.29. The molecule has 3 heteroatoms. The molecule has 1 N–H and O–H groups in total. The maximum absolute atomic E-state index is 11.3. The molecule has 1 rings (SSSR count). The van der Waals surface area contributed by atoms with Crippen molar-refractivity contribution in [1.29, 1.82) is 0 Å². The minimum atomic E-state index is 0.148. The van der Waals surface area contributed by atoms with Gasteiger partial charge in [0.1, 0.15) is 0 Å². The zero-order valence-corrected chi connectivity index (χ0v) is 9.58. The fraction of sp³-hybridized carbons (Fsp3) is 0.417. The number of rotatable bonds is 4. The minimum Gasteiger partial charge on any atom is -0.385 e. The highest BCUT2D eigenvalue weighted by molar-refractivity contribution is 5.76. The average Bonchev–Trinajstić information content (AvgIpc) is 2.17. The molecule has 15 heavy (non-hydrogen) atoms. The number of anilines is 1. The molecule has 0 heterocycles. The first-order chi connectivity index (χ1) is 7.09. The van der Waals surface area contributed by atoms with Gasteiger partial charge < -0.3 is 10.2 Å². The first-order valence-electron chi connectivity index (χ1n) is 5.10. The second-order valence-electron chi connectivity index (χ2n) is 3.83. The van der Waals surface area contributed by atoms with Crippen LogP contribution in [-0.2, 0) is 4.79 Å². The molecule has 0 bridgehead atoms. The summed E-state index contributed by atoms with van der Waals surface area (Å²) in [5.74, 6) is 0.148. The van der Waals surface area contributed by atoms with Crippen molar-refractivity contribution in [2.75, 3.05) is 26.0 Å². The number of hydrogen-bond acceptors (Lipinski definition) is 2. The van der Waals surface area contributed by atoms with Crippen LogP contribution in [0, 0.1) is 6.92 Å². The molecule has 0 unspecified atom stereocenters. The summed E-state index contributed by atoms with van der Waals surface area (Å²) >= 11 is 0. The van der Waals surface area contributed by atoms with Crippen LogP contribution in [0.1, 0.15) is 12.0 Å². The van der Waals surface area contributed by atoms with Crippen molar-refractivity contribution in [1.82, 2.24) is 4.90 Å². The number of aryl methyl sites for hydroxylation is 1. The molecule has 0 saturated heterocycles. The smallest absolute Gasteiger partial charge is 0.223 e. The molecule has 3 nitrogen and oxygen atoms in total. The van der Waals surface area contributed by atoms with Gasteiger partial charge in [-0.15, -0.1) is 0 Å². The molecule has 0 atom stereocenters. The van der Waals surface area contributed by atoms with E-state index in [2.05, 4.69) is 24.4 Å². The van der Waals surface area contributed by atoms with Gasteiger partial charge in [-0.2, -0.15) is 0 Å². The third-order valence-corrected chi connectivity index (χ3v) is 2.18. The van der Waals surface area contributed by atoms with Gasteiger partial charge in [-0.05, 0) is 24.6 Å². The molecule has 0 radical (unpaired) electrons. The lowest BCUT2D eigenvalue weighted by atomic mass is 10.2. The van der Waals surface area contributed by atoms with Crippen LogP contribution < -0.4 is 5.32 Å². The summed E-state index contributed by atoms with van der Waals surface area (Å²) in [4.78, 5) is 12.9. The van der Waals surface area contributed by atoms with E-state index in [-0.39, 0.29) is 5.91 Å². The molecular formula is C12H18N2O. The fourth-order valence-electron chi connectivity index (χ4n) is 1.29. The molecule has 0 spiro atoms. The van der Waals surface area contributed by atoms with Crippen molar-refractivity contribution >= 4 is 11.6 Å². The number of benzene rings is 1. The lowest BCUT2D eigenvalue weighted by molar-refractivity contribution is -0.128. The number of carbonyl (C=O) groups excluding carboxylic acids is 1. The van der Waals surface area contributed by atoms with Crippen LogP contribution in [0.2, 0.25) is 0 Å². The summed E-state index contributed by atoms with van der Waals surface area (Å²) < 4.78 is 0. The van der Waals surface area contributed by atoms with Crippen LogP contribution in [0.4, 0.5) is 5.69 Å². The monoisotopic (exact) mass is 206 g/mol. The Balaban J connectivity index is 2.35. The van der Waals surface area contributed by atoms with Crippen molar-refractivity contribution in [3.8, 4) is 0 Å². The maximum atomic E-state index is 11.3. The van der Waals surface area contributed by atoms with Crippen molar-refractivity contribution < 1.29 is 4.79 Å². The Morgan fingerprint density at radius 1 is 1.40 bits per heavy atom. The molecule has 0 saturated carbocycles. The van der Waals surface area contributed by atoms with Gasteiger partial charge in [0, 0.05) is 32.7 Å². The molecule has 0 aliphatic carbocycles. The van der Waals surface area contributed by atoms with Gasteiger partial charge in [-0.1, -0.05) is 12.1 Å². The standard InChI is InChI=1S/C12H18N2O/c1-10-5-4-6-11(9-10)13-8-7-12(15)14(2)3/h4-6,9,13H,7-8H2,1-3H3. The van der Waals surface area contributed by atoms with Crippen LogP contribution in [0.3, 0.4) is 0 Å². The van der Waals surface area contributed by atoms with Crippen LogP contribution in [-0.4, -0.2) is 31.4 Å². The number of nitrogens with zero attached hydrogens (tertiary/aromatic N) is 1. The number of hydrogen-bond donors (Lipinski definition) is 1. The zero-order chi connectivity index (χ0) is 11.3. The molecule has 1 amide bonds. The third kappa shape index (κ3) is 4.02. The molecule has 0 fully saturated rings. The van der Waals surface area contributed by atoms with Crippen LogP contribution in [0.15, 0.2) is 24.3 Å². The predicted octanol–water partition coefficient (Wildman–Crippen LogP) is 1.89. The van der Waals surface area contributed by atoms with E-state index < -0.39 is 0 Å². The second-order valence-corrected chi connectivity index (χ2v) is 3.83. The van der Waals surface area contributed by atoms with Crippen LogP contribution >= 0.6 is 0 Å². The third-order valence-electron chi connectivity index (χ3n) is 2.18. The normalized spacial score (nSPS) is 9.80. The highest BCUT2D eigenvalue weighted by Gasteiger charge is 2.02. The molecule has 1 aromatic carbocycles. The van der Waals surface area contributed by atoms with E-state index in [1.165, 1.54) is 5.56 Å². The minimum absolute atomic E-state index is 0.148. The van der Waals surface area contributed by atoms with Crippen molar-refractivity contribution in [3.05, 3.63) is 29.8 Å². The molecule has 1 aromatic rings. The summed E-state index contributed by atoms with van der Waals surface area (Å²) in [7, 11) is 3.55. The number of amides is 1. The highest BCUT2D eigenvalue weighted by atomic mass is 16.2. The number of carbonyl (C=O) groups is 1. The summed E-state index contributed by atoms with van der Waals surface area (Å²) in [6, 6.07) is 8.13. The molecule has 82 valence electrons. The fourth-order valence-corrected chi connectivity index (χ4v) is 1.29. The first-order valence-corrected chi connectivity index (χ1v) is 5.10. The van der Waals surface area contributed by atoms with Crippen molar-refractivity contribution in [2.45, 2.75) is 13.3 Å². The van der Waals surface area contributed by atoms with E-state index in [4.69, 9.17) is 0 Å². The Labute approximate surface area is 91.1 Å². The quantitative estimate of drug-likeness (QED) is 0.816. The van der Waals surface area contributed by atoms with Crippen molar-refractivity contribution in [3.63, 3.8) is 0 Å². The average molecular weight is 206 g/mol. The lowest BCUT2D eigenvalue weighted by Crippen LogP contribution is -2.23. The Morgan fingerprint density at radius 2 is 2.13 bits per heavy atom. The topological polar surface area (TPSA) is 32.3 Å². The maximum Gasteiger partial charge on any atom is 0.223 e. The number of nitrogens with one attached hydrogen (secondary N) is 1. The first kappa shape index (κ1) is 11.6. The van der Waals surface area contributed by atoms with E-state index >= 15 is 0 Å². The predicted molar refractivity (Wildman–Crippen MR) is 63.0 cm³/mol. The molecular weight excluding hydrogens is 188 g/mol. The van der Waals surface area contributed by atoms with E-state index in [1.54, 1.807) is 19.0 Å². The van der Waals surface area contributed by atoms with Gasteiger partial charge in [0.05, 0.1) is 0 Å². The molecule has 0 aromatic heterocycles. The molecule has 0 aliphatic rings. The molecule has 0 aliphatic heterocycles. The second kappa shape index (κ2) is 5.39. The highest BCUT2D eigenvalue weighted by Crippen LogP contribution is 2.09. The van der Waals surface area contributed by atoms with Gasteiger partial charge in [0.25, 0.3) is 0 Å². The Bertz CT molecular complexity index is 334. The summed E-state index contributed by atoms with van der Waals surface area (Å²) in [6.07, 6.45) is 0.529. The van der Waals surface area contributed by atoms with Gasteiger partial charge in [0.2, 0.25) is 5.91 Å². The van der Waals surface area contributed by atoms with Gasteiger partial charge >= 0.3 is 0 Å². The van der Waals surface area contributed by atoms with E-state index in [0.717, 1.165) is 5.69 Å². The summed E-state index contributed by atoms with van der Waals surface area (Å²) in [5, 5.41) is 3.22. The van der Waals surface area contributed by atoms with Crippen molar-refractivity contribution in [2.24, 2.45) is 0 Å². The van der Waals surface area contributed by atoms with Gasteiger partial charge in [-0.3, -0.25) is 4.79 Å².